The molecule has 2 saturated carbocycles. The van der Waals surface area contributed by atoms with Crippen LogP contribution in [0.4, 0.5) is 0 Å². The maximum atomic E-state index is 9.29. The molecule has 2 unspecified atom stereocenters. The normalized spacial score (nSPS) is 49.7. The molecule has 0 aromatic carbocycles. The fourth-order valence-electron chi connectivity index (χ4n) is 2.47. The number of aliphatic hydroxyl groups is 1. The van der Waals surface area contributed by atoms with E-state index in [9.17, 15) is 5.11 Å². The predicted octanol–water partition coefficient (Wildman–Crippen LogP) is 1.56. The molecule has 0 heterocycles. The summed E-state index contributed by atoms with van der Waals surface area (Å²) >= 11 is 0. The highest BCUT2D eigenvalue weighted by Crippen LogP contribution is 2.41. The van der Waals surface area contributed by atoms with Gasteiger partial charge in [-0.25, -0.2) is 0 Å². The molecule has 0 radical (unpaired) electrons. The van der Waals surface area contributed by atoms with Crippen molar-refractivity contribution in [1.82, 2.24) is 0 Å². The number of aliphatic hydroxyl groups excluding tert-OH is 1. The van der Waals surface area contributed by atoms with Gasteiger partial charge in [0, 0.05) is 0 Å². The lowest BCUT2D eigenvalue weighted by molar-refractivity contribution is 0.0965. The van der Waals surface area contributed by atoms with Crippen molar-refractivity contribution in [3.8, 4) is 0 Å². The standard InChI is InChI=1S/C8H14O/c9-8-4-6-1-2-7(3-6)5-8/h6-9H,1-5H2/t6-,7?,8?/m1/s1. The molecule has 2 fully saturated rings. The van der Waals surface area contributed by atoms with E-state index in [-0.39, 0.29) is 6.10 Å². The van der Waals surface area contributed by atoms with Crippen LogP contribution in [0, 0.1) is 11.8 Å². The van der Waals surface area contributed by atoms with E-state index in [1.54, 1.807) is 0 Å². The van der Waals surface area contributed by atoms with Crippen LogP contribution in [0.3, 0.4) is 0 Å². The van der Waals surface area contributed by atoms with Crippen LogP contribution in [0.2, 0.25) is 0 Å². The molecule has 2 aliphatic rings. The Hall–Kier alpha value is -0.0400. The molecular weight excluding hydrogens is 112 g/mol. The van der Waals surface area contributed by atoms with Gasteiger partial charge in [0.1, 0.15) is 0 Å². The predicted molar refractivity (Wildman–Crippen MR) is 36.1 cm³/mol. The number of fused-ring (bicyclic) bond motifs is 2. The molecule has 2 bridgehead atoms. The van der Waals surface area contributed by atoms with Gasteiger partial charge in [0.2, 0.25) is 0 Å². The van der Waals surface area contributed by atoms with Crippen LogP contribution in [-0.2, 0) is 0 Å². The van der Waals surface area contributed by atoms with Crippen molar-refractivity contribution < 1.29 is 5.11 Å². The van der Waals surface area contributed by atoms with E-state index >= 15 is 0 Å². The zero-order chi connectivity index (χ0) is 6.27. The van der Waals surface area contributed by atoms with E-state index in [0.717, 1.165) is 24.7 Å². The second kappa shape index (κ2) is 1.98. The summed E-state index contributed by atoms with van der Waals surface area (Å²) in [6.45, 7) is 0. The van der Waals surface area contributed by atoms with Crippen molar-refractivity contribution in [1.29, 1.82) is 0 Å². The quantitative estimate of drug-likeness (QED) is 0.522. The van der Waals surface area contributed by atoms with Gasteiger partial charge in [-0.1, -0.05) is 12.8 Å². The van der Waals surface area contributed by atoms with Crippen molar-refractivity contribution in [3.63, 3.8) is 0 Å². The molecule has 2 aliphatic carbocycles. The first-order valence-corrected chi connectivity index (χ1v) is 4.02. The van der Waals surface area contributed by atoms with E-state index in [0.29, 0.717) is 0 Å². The van der Waals surface area contributed by atoms with Gasteiger partial charge in [-0.15, -0.1) is 0 Å². The lowest BCUT2D eigenvalue weighted by Gasteiger charge is -2.22. The minimum absolute atomic E-state index is 0.0521. The SMILES string of the molecule is OC1CC2CC[C@@H](C1)C2. The van der Waals surface area contributed by atoms with Gasteiger partial charge in [-0.3, -0.25) is 0 Å². The molecule has 9 heavy (non-hydrogen) atoms. The molecular formula is C8H14O. The highest BCUT2D eigenvalue weighted by molar-refractivity contribution is 4.84. The lowest BCUT2D eigenvalue weighted by atomic mass is 9.87. The third-order valence-corrected chi connectivity index (χ3v) is 2.86. The van der Waals surface area contributed by atoms with Crippen LogP contribution in [0.15, 0.2) is 0 Å². The highest BCUT2D eigenvalue weighted by atomic mass is 16.3. The summed E-state index contributed by atoms with van der Waals surface area (Å²) in [7, 11) is 0. The first-order chi connectivity index (χ1) is 4.34. The van der Waals surface area contributed by atoms with Crippen molar-refractivity contribution >= 4 is 0 Å². The zero-order valence-electron chi connectivity index (χ0n) is 5.71. The molecule has 1 N–H and O–H groups in total. The van der Waals surface area contributed by atoms with Crippen LogP contribution in [0.1, 0.15) is 32.1 Å². The monoisotopic (exact) mass is 126 g/mol. The first-order valence-electron chi connectivity index (χ1n) is 4.02. The summed E-state index contributed by atoms with van der Waals surface area (Å²) in [5.74, 6) is 1.78. The third kappa shape index (κ3) is 0.983. The summed E-state index contributed by atoms with van der Waals surface area (Å²) in [6, 6.07) is 0. The van der Waals surface area contributed by atoms with Crippen molar-refractivity contribution in [2.45, 2.75) is 38.2 Å². The largest absolute Gasteiger partial charge is 0.393 e. The summed E-state index contributed by atoms with van der Waals surface area (Å²) in [4.78, 5) is 0. The van der Waals surface area contributed by atoms with Crippen LogP contribution in [-0.4, -0.2) is 11.2 Å². The molecule has 2 rings (SSSR count). The van der Waals surface area contributed by atoms with Crippen LogP contribution in [0.25, 0.3) is 0 Å². The smallest absolute Gasteiger partial charge is 0.0545 e. The molecule has 3 atom stereocenters. The van der Waals surface area contributed by atoms with Crippen LogP contribution in [0.5, 0.6) is 0 Å². The molecule has 1 heteroatoms. The molecule has 0 aliphatic heterocycles. The lowest BCUT2D eigenvalue weighted by Crippen LogP contribution is -2.19. The summed E-state index contributed by atoms with van der Waals surface area (Å²) < 4.78 is 0. The summed E-state index contributed by atoms with van der Waals surface area (Å²) in [6.07, 6.45) is 6.43. The molecule has 52 valence electrons. The minimum Gasteiger partial charge on any atom is -0.393 e. The molecule has 1 nitrogen and oxygen atoms in total. The Morgan fingerprint density at radius 1 is 0.889 bits per heavy atom. The first kappa shape index (κ1) is 5.72. The average molecular weight is 126 g/mol. The van der Waals surface area contributed by atoms with Gasteiger partial charge in [-0.05, 0) is 31.1 Å². The van der Waals surface area contributed by atoms with Gasteiger partial charge in [0.15, 0.2) is 0 Å². The van der Waals surface area contributed by atoms with Crippen molar-refractivity contribution in [3.05, 3.63) is 0 Å². The molecule has 0 aromatic rings. The molecule has 0 saturated heterocycles. The fraction of sp³-hybridized carbons (Fsp3) is 1.00. The van der Waals surface area contributed by atoms with Crippen molar-refractivity contribution in [2.24, 2.45) is 11.8 Å². The van der Waals surface area contributed by atoms with E-state index in [4.69, 9.17) is 0 Å². The van der Waals surface area contributed by atoms with Gasteiger partial charge < -0.3 is 5.11 Å². The second-order valence-corrected chi connectivity index (χ2v) is 3.67. The van der Waals surface area contributed by atoms with Crippen molar-refractivity contribution in [2.75, 3.05) is 0 Å². The van der Waals surface area contributed by atoms with Crippen LogP contribution >= 0.6 is 0 Å². The van der Waals surface area contributed by atoms with Gasteiger partial charge in [-0.2, -0.15) is 0 Å². The third-order valence-electron chi connectivity index (χ3n) is 2.86. The fourth-order valence-corrected chi connectivity index (χ4v) is 2.47. The Kier molecular flexibility index (Phi) is 1.26. The Balaban J connectivity index is 2.03. The molecule has 0 spiro atoms. The Bertz CT molecular complexity index is 99.1. The maximum absolute atomic E-state index is 9.29. The van der Waals surface area contributed by atoms with Gasteiger partial charge in [0.25, 0.3) is 0 Å². The van der Waals surface area contributed by atoms with E-state index < -0.39 is 0 Å². The number of hydrogen-bond acceptors (Lipinski definition) is 1. The molecule has 0 amide bonds. The highest BCUT2D eigenvalue weighted by Gasteiger charge is 2.32. The minimum atomic E-state index is 0.0521. The summed E-state index contributed by atoms with van der Waals surface area (Å²) in [5.41, 5.74) is 0. The number of rotatable bonds is 0. The van der Waals surface area contributed by atoms with E-state index in [2.05, 4.69) is 0 Å². The van der Waals surface area contributed by atoms with Crippen LogP contribution < -0.4 is 0 Å². The van der Waals surface area contributed by atoms with E-state index in [1.807, 2.05) is 0 Å². The second-order valence-electron chi connectivity index (χ2n) is 3.67. The Morgan fingerprint density at radius 2 is 1.44 bits per heavy atom. The summed E-state index contributed by atoms with van der Waals surface area (Å²) in [5, 5.41) is 9.29. The topological polar surface area (TPSA) is 20.2 Å². The molecule has 0 aromatic heterocycles. The van der Waals surface area contributed by atoms with Gasteiger partial charge >= 0.3 is 0 Å². The van der Waals surface area contributed by atoms with E-state index in [1.165, 1.54) is 19.3 Å². The maximum Gasteiger partial charge on any atom is 0.0545 e. The zero-order valence-corrected chi connectivity index (χ0v) is 5.71. The Morgan fingerprint density at radius 3 is 2.00 bits per heavy atom. The Labute approximate surface area is 56.1 Å². The number of hydrogen-bond donors (Lipinski definition) is 1. The average Bonchev–Trinajstić information content (AvgIpc) is 2.11. The van der Waals surface area contributed by atoms with Gasteiger partial charge in [0.05, 0.1) is 6.10 Å².